The number of allylic oxidation sites excluding steroid dienone is 1. The Labute approximate surface area is 245 Å². The van der Waals surface area contributed by atoms with Gasteiger partial charge in [-0.3, -0.25) is 0 Å². The molecule has 0 saturated carbocycles. The molecule has 8 N–H and O–H groups in total. The van der Waals surface area contributed by atoms with Crippen molar-refractivity contribution in [3.8, 4) is 0 Å². The largest absolute Gasteiger partial charge is 0.479 e. The van der Waals surface area contributed by atoms with Crippen molar-refractivity contribution < 1.29 is 45.6 Å². The molecule has 0 bridgehead atoms. The predicted octanol–water partition coefficient (Wildman–Crippen LogP) is 3.04. The van der Waals surface area contributed by atoms with Gasteiger partial charge < -0.3 is 40.9 Å². The Morgan fingerprint density at radius 3 is 1.93 bits per heavy atom. The van der Waals surface area contributed by atoms with Gasteiger partial charge in [0.25, 0.3) is 0 Å². The van der Waals surface area contributed by atoms with Crippen LogP contribution in [-0.4, -0.2) is 90.1 Å². The Morgan fingerprint density at radius 1 is 0.780 bits per heavy atom. The van der Waals surface area contributed by atoms with Gasteiger partial charge in [0, 0.05) is 12.3 Å². The first kappa shape index (κ1) is 38.9. The van der Waals surface area contributed by atoms with Gasteiger partial charge in [0.1, 0.15) is 0 Å². The number of carboxylic acid groups (broad SMARTS) is 1. The van der Waals surface area contributed by atoms with Crippen LogP contribution in [0, 0.1) is 17.8 Å². The maximum absolute atomic E-state index is 10.8. The Bertz CT molecular complexity index is 905. The molecule has 0 heterocycles. The van der Waals surface area contributed by atoms with Crippen LogP contribution in [0.15, 0.2) is 59.3 Å². The molecule has 0 aliphatic heterocycles. The van der Waals surface area contributed by atoms with Crippen molar-refractivity contribution in [2.24, 2.45) is 17.8 Å². The highest BCUT2D eigenvalue weighted by atomic mass is 16.4. The van der Waals surface area contributed by atoms with E-state index < -0.39 is 42.6 Å². The van der Waals surface area contributed by atoms with E-state index in [2.05, 4.69) is 26.8 Å². The number of aliphatic hydroxyl groups excluding tert-OH is 7. The van der Waals surface area contributed by atoms with E-state index in [1.54, 1.807) is 13.0 Å². The molecule has 0 spiro atoms. The maximum atomic E-state index is 10.8. The summed E-state index contributed by atoms with van der Waals surface area (Å²) in [4.78, 5) is 10.6. The van der Waals surface area contributed by atoms with E-state index in [-0.39, 0.29) is 31.8 Å². The number of hydrogen-bond donors (Lipinski definition) is 8. The highest BCUT2D eigenvalue weighted by molar-refractivity contribution is 5.72. The van der Waals surface area contributed by atoms with E-state index in [4.69, 9.17) is 5.11 Å². The number of aliphatic carboxylic acids is 1. The fourth-order valence-corrected chi connectivity index (χ4v) is 4.41. The van der Waals surface area contributed by atoms with E-state index in [0.717, 1.165) is 24.0 Å². The molecule has 0 amide bonds. The van der Waals surface area contributed by atoms with Gasteiger partial charge in [-0.25, -0.2) is 4.79 Å². The zero-order valence-electron chi connectivity index (χ0n) is 25.5. The first-order chi connectivity index (χ1) is 19.1. The van der Waals surface area contributed by atoms with Gasteiger partial charge in [-0.15, -0.1) is 0 Å². The number of hydrogen-bond acceptors (Lipinski definition) is 8. The molecule has 0 radical (unpaired) electrons. The Kier molecular flexibility index (Phi) is 19.7. The zero-order valence-corrected chi connectivity index (χ0v) is 25.5. The first-order valence-corrected chi connectivity index (χ1v) is 14.4. The Morgan fingerprint density at radius 2 is 1.37 bits per heavy atom. The highest BCUT2D eigenvalue weighted by Gasteiger charge is 2.25. The average Bonchev–Trinajstić information content (AvgIpc) is 2.90. The highest BCUT2D eigenvalue weighted by Crippen LogP contribution is 2.21. The molecule has 9 atom stereocenters. The van der Waals surface area contributed by atoms with E-state index in [9.17, 15) is 40.5 Å². The quantitative estimate of drug-likeness (QED) is 0.0791. The third-order valence-corrected chi connectivity index (χ3v) is 7.14. The summed E-state index contributed by atoms with van der Waals surface area (Å²) in [5, 5.41) is 78.5. The molecular formula is C32H54O9. The number of rotatable bonds is 20. The first-order valence-electron chi connectivity index (χ1n) is 14.4. The molecular weight excluding hydrogens is 528 g/mol. The summed E-state index contributed by atoms with van der Waals surface area (Å²) >= 11 is 0. The van der Waals surface area contributed by atoms with Gasteiger partial charge in [-0.05, 0) is 61.7 Å². The van der Waals surface area contributed by atoms with Crippen molar-refractivity contribution in [3.63, 3.8) is 0 Å². The number of carbonyl (C=O) groups is 1. The number of aliphatic hydroxyl groups is 7. The van der Waals surface area contributed by atoms with Crippen molar-refractivity contribution in [1.29, 1.82) is 0 Å². The van der Waals surface area contributed by atoms with Gasteiger partial charge in [0.15, 0.2) is 6.10 Å². The topological polar surface area (TPSA) is 179 Å². The van der Waals surface area contributed by atoms with Crippen LogP contribution in [0.5, 0.6) is 0 Å². The van der Waals surface area contributed by atoms with Crippen molar-refractivity contribution >= 4 is 5.97 Å². The van der Waals surface area contributed by atoms with Crippen molar-refractivity contribution in [3.05, 3.63) is 59.3 Å². The van der Waals surface area contributed by atoms with Crippen molar-refractivity contribution in [2.75, 3.05) is 6.61 Å². The maximum Gasteiger partial charge on any atom is 0.335 e. The minimum absolute atomic E-state index is 0.106. The SMILES string of the molecule is CC[C@@H](C)C[C@@H](C)/C=C(\C=C(/C)[C@@H](O)[C@@H](C)/C=C(\C)[C@@H](O)C/C=C/[C@H](O)C/C=C/[C@@H](O)C[C@H](O)[C@@H](O)C(=O)O)CO. The Balaban J connectivity index is 4.92. The predicted molar refractivity (Wildman–Crippen MR) is 161 cm³/mol. The normalized spacial score (nSPS) is 20.5. The summed E-state index contributed by atoms with van der Waals surface area (Å²) in [7, 11) is 0. The van der Waals surface area contributed by atoms with E-state index >= 15 is 0 Å². The zero-order chi connectivity index (χ0) is 31.7. The second-order valence-electron chi connectivity index (χ2n) is 11.3. The van der Waals surface area contributed by atoms with Crippen molar-refractivity contribution in [2.45, 2.75) is 110 Å². The molecule has 236 valence electrons. The van der Waals surface area contributed by atoms with Gasteiger partial charge in [0.05, 0.1) is 37.1 Å². The van der Waals surface area contributed by atoms with Gasteiger partial charge in [0.2, 0.25) is 0 Å². The lowest BCUT2D eigenvalue weighted by Gasteiger charge is -2.20. The van der Waals surface area contributed by atoms with Crippen LogP contribution in [0.1, 0.15) is 73.6 Å². The van der Waals surface area contributed by atoms with Gasteiger partial charge in [-0.2, -0.15) is 0 Å². The molecule has 0 unspecified atom stereocenters. The van der Waals surface area contributed by atoms with Crippen LogP contribution < -0.4 is 0 Å². The van der Waals surface area contributed by atoms with Crippen LogP contribution in [0.4, 0.5) is 0 Å². The van der Waals surface area contributed by atoms with E-state index in [1.165, 1.54) is 18.2 Å². The third-order valence-electron chi connectivity index (χ3n) is 7.14. The molecule has 0 fully saturated rings. The van der Waals surface area contributed by atoms with Crippen LogP contribution in [0.25, 0.3) is 0 Å². The minimum Gasteiger partial charge on any atom is -0.479 e. The molecule has 0 aromatic carbocycles. The molecule has 0 aromatic heterocycles. The third kappa shape index (κ3) is 16.8. The van der Waals surface area contributed by atoms with E-state index in [1.807, 2.05) is 26.0 Å². The summed E-state index contributed by atoms with van der Waals surface area (Å²) in [6.07, 6.45) is 6.46. The molecule has 0 rings (SSSR count). The smallest absolute Gasteiger partial charge is 0.335 e. The lowest BCUT2D eigenvalue weighted by Crippen LogP contribution is -2.35. The lowest BCUT2D eigenvalue weighted by molar-refractivity contribution is -0.153. The minimum atomic E-state index is -1.99. The summed E-state index contributed by atoms with van der Waals surface area (Å²) in [5.41, 5.74) is 2.17. The molecule has 0 aromatic rings. The second-order valence-corrected chi connectivity index (χ2v) is 11.3. The standard InChI is InChI=1S/C32H54O9/c1-7-20(2)14-21(3)15-25(19-33)17-24(6)30(38)23(5)16-22(4)28(36)13-9-11-26(34)10-8-12-27(35)18-29(37)31(39)32(40)41/h8-9,11-12,15-17,20-21,23,26-31,33-39H,7,10,13-14,18-19H2,1-6H3,(H,40,41)/b11-9+,12-8+,22-16+,24-17+,25-15+/t20-,21-,23+,26-,27-,28+,29+,30+,31-/m1/s1. The van der Waals surface area contributed by atoms with Gasteiger partial charge in [-0.1, -0.05) is 76.6 Å². The summed E-state index contributed by atoms with van der Waals surface area (Å²) in [6, 6.07) is 0. The monoisotopic (exact) mass is 582 g/mol. The Hall–Kier alpha value is -2.11. The molecule has 0 aliphatic carbocycles. The summed E-state index contributed by atoms with van der Waals surface area (Å²) in [5.74, 6) is -0.946. The number of carboxylic acids is 1. The fourth-order valence-electron chi connectivity index (χ4n) is 4.41. The molecule has 0 aliphatic rings. The van der Waals surface area contributed by atoms with Crippen molar-refractivity contribution in [1.82, 2.24) is 0 Å². The molecule has 41 heavy (non-hydrogen) atoms. The average molecular weight is 583 g/mol. The van der Waals surface area contributed by atoms with Crippen LogP contribution in [0.2, 0.25) is 0 Å². The van der Waals surface area contributed by atoms with Crippen LogP contribution in [0.3, 0.4) is 0 Å². The fraction of sp³-hybridized carbons (Fsp3) is 0.656. The summed E-state index contributed by atoms with van der Waals surface area (Å²) in [6.45, 7) is 11.8. The lowest BCUT2D eigenvalue weighted by atomic mass is 9.91. The van der Waals surface area contributed by atoms with Crippen LogP contribution >= 0.6 is 0 Å². The van der Waals surface area contributed by atoms with Crippen LogP contribution in [-0.2, 0) is 4.79 Å². The second kappa shape index (κ2) is 20.7. The molecule has 9 heteroatoms. The molecule has 9 nitrogen and oxygen atoms in total. The molecule has 0 saturated heterocycles. The summed E-state index contributed by atoms with van der Waals surface area (Å²) < 4.78 is 0. The van der Waals surface area contributed by atoms with E-state index in [0.29, 0.717) is 17.4 Å². The van der Waals surface area contributed by atoms with Gasteiger partial charge >= 0.3 is 5.97 Å².